The normalized spacial score (nSPS) is 11.7. The number of urea groups is 1. The molecule has 6 heteroatoms. The van der Waals surface area contributed by atoms with Crippen LogP contribution in [0.25, 0.3) is 0 Å². The molecule has 0 bridgehead atoms. The van der Waals surface area contributed by atoms with Gasteiger partial charge in [-0.25, -0.2) is 9.78 Å². The van der Waals surface area contributed by atoms with Gasteiger partial charge in [-0.15, -0.1) is 11.3 Å². The Morgan fingerprint density at radius 3 is 2.52 bits per heavy atom. The van der Waals surface area contributed by atoms with E-state index in [2.05, 4.69) is 27.9 Å². The Kier molecular flexibility index (Phi) is 6.44. The van der Waals surface area contributed by atoms with Gasteiger partial charge in [0.2, 0.25) is 0 Å². The van der Waals surface area contributed by atoms with E-state index in [1.54, 1.807) is 11.3 Å². The molecule has 1 unspecified atom stereocenters. The van der Waals surface area contributed by atoms with Crippen LogP contribution in [0.1, 0.15) is 34.8 Å². The Bertz CT molecular complexity index is 861. The van der Waals surface area contributed by atoms with Gasteiger partial charge in [-0.2, -0.15) is 0 Å². The van der Waals surface area contributed by atoms with Crippen molar-refractivity contribution in [3.05, 3.63) is 81.8 Å². The highest BCUT2D eigenvalue weighted by Gasteiger charge is 2.19. The van der Waals surface area contributed by atoms with Crippen LogP contribution in [0.5, 0.6) is 0 Å². The molecule has 0 aliphatic rings. The minimum atomic E-state index is -0.201. The molecule has 1 atom stereocenters. The van der Waals surface area contributed by atoms with Crippen LogP contribution in [0.4, 0.5) is 10.5 Å². The molecule has 0 spiro atoms. The van der Waals surface area contributed by atoms with E-state index in [0.29, 0.717) is 13.0 Å². The van der Waals surface area contributed by atoms with Crippen LogP contribution in [-0.4, -0.2) is 11.0 Å². The fourth-order valence-corrected chi connectivity index (χ4v) is 3.67. The third kappa shape index (κ3) is 5.56. The number of nitrogens with one attached hydrogen (secondary N) is 2. The lowest BCUT2D eigenvalue weighted by atomic mass is 10.1. The van der Waals surface area contributed by atoms with E-state index in [4.69, 9.17) is 5.73 Å². The Hall–Kier alpha value is -2.86. The summed E-state index contributed by atoms with van der Waals surface area (Å²) >= 11 is 1.58. The minimum Gasteiger partial charge on any atom is -0.399 e. The third-order valence-corrected chi connectivity index (χ3v) is 5.26. The van der Waals surface area contributed by atoms with Crippen molar-refractivity contribution in [1.29, 1.82) is 0 Å². The number of rotatable bonds is 7. The molecule has 0 saturated carbocycles. The van der Waals surface area contributed by atoms with Crippen molar-refractivity contribution in [1.82, 2.24) is 15.6 Å². The van der Waals surface area contributed by atoms with E-state index in [-0.39, 0.29) is 12.1 Å². The standard InChI is InChI=1S/C21H24N4OS/c1-2-18-14-27-20(24-18)19(12-15-8-10-17(22)11-9-15)25-21(26)23-13-16-6-4-3-5-7-16/h3-11,14,19H,2,12-13,22H2,1H3,(H2,23,25,26). The lowest BCUT2D eigenvalue weighted by Gasteiger charge is -2.17. The zero-order chi connectivity index (χ0) is 19.1. The van der Waals surface area contributed by atoms with Gasteiger partial charge in [0.15, 0.2) is 0 Å². The van der Waals surface area contributed by atoms with Crippen LogP contribution in [0.3, 0.4) is 0 Å². The molecule has 27 heavy (non-hydrogen) atoms. The summed E-state index contributed by atoms with van der Waals surface area (Å²) in [6, 6.07) is 17.2. The zero-order valence-electron chi connectivity index (χ0n) is 15.3. The molecule has 2 aromatic carbocycles. The van der Waals surface area contributed by atoms with Crippen molar-refractivity contribution in [2.45, 2.75) is 32.4 Å². The van der Waals surface area contributed by atoms with Crippen LogP contribution < -0.4 is 16.4 Å². The number of benzene rings is 2. The van der Waals surface area contributed by atoms with Crippen LogP contribution in [0, 0.1) is 0 Å². The van der Waals surface area contributed by atoms with Gasteiger partial charge in [0.1, 0.15) is 5.01 Å². The molecular formula is C21H24N4OS. The number of anilines is 1. The predicted molar refractivity (Wildman–Crippen MR) is 111 cm³/mol. The maximum atomic E-state index is 12.5. The fraction of sp³-hybridized carbons (Fsp3) is 0.238. The lowest BCUT2D eigenvalue weighted by molar-refractivity contribution is 0.236. The maximum absolute atomic E-state index is 12.5. The molecule has 2 amide bonds. The van der Waals surface area contributed by atoms with Crippen molar-refractivity contribution < 1.29 is 4.79 Å². The number of aromatic nitrogens is 1. The van der Waals surface area contributed by atoms with Gasteiger partial charge in [-0.1, -0.05) is 49.4 Å². The van der Waals surface area contributed by atoms with E-state index in [0.717, 1.165) is 33.9 Å². The van der Waals surface area contributed by atoms with Crippen LogP contribution in [0.2, 0.25) is 0 Å². The third-order valence-electron chi connectivity index (χ3n) is 4.25. The van der Waals surface area contributed by atoms with Crippen molar-refractivity contribution in [3.8, 4) is 0 Å². The second-order valence-corrected chi connectivity index (χ2v) is 7.23. The number of hydrogen-bond acceptors (Lipinski definition) is 4. The van der Waals surface area contributed by atoms with Crippen molar-refractivity contribution in [2.75, 3.05) is 5.73 Å². The predicted octanol–water partition coefficient (Wildman–Crippen LogP) is 4.07. The molecule has 3 aromatic rings. The van der Waals surface area contributed by atoms with E-state index in [1.807, 2.05) is 54.6 Å². The molecule has 0 radical (unpaired) electrons. The number of carbonyl (C=O) groups excluding carboxylic acids is 1. The number of thiazole rings is 1. The Morgan fingerprint density at radius 1 is 1.11 bits per heavy atom. The quantitative estimate of drug-likeness (QED) is 0.541. The molecule has 5 nitrogen and oxygen atoms in total. The smallest absolute Gasteiger partial charge is 0.315 e. The zero-order valence-corrected chi connectivity index (χ0v) is 16.1. The summed E-state index contributed by atoms with van der Waals surface area (Å²) in [7, 11) is 0. The monoisotopic (exact) mass is 380 g/mol. The summed E-state index contributed by atoms with van der Waals surface area (Å²) in [4.78, 5) is 17.1. The first-order chi connectivity index (χ1) is 13.1. The highest BCUT2D eigenvalue weighted by atomic mass is 32.1. The molecule has 140 valence electrons. The first-order valence-electron chi connectivity index (χ1n) is 9.01. The van der Waals surface area contributed by atoms with Crippen LogP contribution in [-0.2, 0) is 19.4 Å². The molecule has 0 saturated heterocycles. The van der Waals surface area contributed by atoms with Gasteiger partial charge in [0.05, 0.1) is 11.7 Å². The van der Waals surface area contributed by atoms with Gasteiger partial charge < -0.3 is 16.4 Å². The topological polar surface area (TPSA) is 80.0 Å². The molecule has 4 N–H and O–H groups in total. The second-order valence-electron chi connectivity index (χ2n) is 6.34. The van der Waals surface area contributed by atoms with E-state index in [1.165, 1.54) is 0 Å². The molecule has 1 heterocycles. The number of amides is 2. The molecule has 0 aliphatic carbocycles. The summed E-state index contributed by atoms with van der Waals surface area (Å²) < 4.78 is 0. The SMILES string of the molecule is CCc1csc(C(Cc2ccc(N)cc2)NC(=O)NCc2ccccc2)n1. The summed E-state index contributed by atoms with van der Waals surface area (Å²) in [5.74, 6) is 0. The minimum absolute atomic E-state index is 0.185. The number of hydrogen-bond donors (Lipinski definition) is 3. The summed E-state index contributed by atoms with van der Waals surface area (Å²) in [6.45, 7) is 2.56. The molecule has 3 rings (SSSR count). The average Bonchev–Trinajstić information content (AvgIpc) is 3.18. The summed E-state index contributed by atoms with van der Waals surface area (Å²) in [6.07, 6.45) is 1.54. The highest BCUT2D eigenvalue weighted by molar-refractivity contribution is 7.09. The van der Waals surface area contributed by atoms with Crippen molar-refractivity contribution in [2.24, 2.45) is 0 Å². The largest absolute Gasteiger partial charge is 0.399 e. The van der Waals surface area contributed by atoms with E-state index >= 15 is 0 Å². The van der Waals surface area contributed by atoms with Gasteiger partial charge in [-0.05, 0) is 36.1 Å². The van der Waals surface area contributed by atoms with E-state index in [9.17, 15) is 4.79 Å². The van der Waals surface area contributed by atoms with Crippen molar-refractivity contribution in [3.63, 3.8) is 0 Å². The maximum Gasteiger partial charge on any atom is 0.315 e. The average molecular weight is 381 g/mol. The van der Waals surface area contributed by atoms with Crippen LogP contribution >= 0.6 is 11.3 Å². The van der Waals surface area contributed by atoms with Gasteiger partial charge in [0, 0.05) is 17.6 Å². The summed E-state index contributed by atoms with van der Waals surface area (Å²) in [5.41, 5.74) is 9.71. The van der Waals surface area contributed by atoms with Gasteiger partial charge in [0.25, 0.3) is 0 Å². The van der Waals surface area contributed by atoms with Gasteiger partial charge in [-0.3, -0.25) is 0 Å². The van der Waals surface area contributed by atoms with E-state index < -0.39 is 0 Å². The molecule has 1 aromatic heterocycles. The highest BCUT2D eigenvalue weighted by Crippen LogP contribution is 2.23. The number of nitrogens with two attached hydrogens (primary N) is 1. The Labute approximate surface area is 163 Å². The number of nitrogens with zero attached hydrogens (tertiary/aromatic N) is 1. The summed E-state index contributed by atoms with van der Waals surface area (Å²) in [5, 5.41) is 8.96. The Morgan fingerprint density at radius 2 is 1.85 bits per heavy atom. The number of nitrogen functional groups attached to an aromatic ring is 1. The molecule has 0 fully saturated rings. The Balaban J connectivity index is 1.68. The lowest BCUT2D eigenvalue weighted by Crippen LogP contribution is -2.38. The second kappa shape index (κ2) is 9.19. The molecule has 0 aliphatic heterocycles. The molecular weight excluding hydrogens is 356 g/mol. The first kappa shape index (κ1) is 18.9. The number of carbonyl (C=O) groups is 1. The van der Waals surface area contributed by atoms with Gasteiger partial charge >= 0.3 is 6.03 Å². The first-order valence-corrected chi connectivity index (χ1v) is 9.89. The number of aryl methyl sites for hydroxylation is 1. The van der Waals surface area contributed by atoms with Crippen molar-refractivity contribution >= 4 is 23.1 Å². The van der Waals surface area contributed by atoms with Crippen LogP contribution in [0.15, 0.2) is 60.0 Å². The fourth-order valence-electron chi connectivity index (χ4n) is 2.72.